The Kier molecular flexibility index (Phi) is 3.77. The van der Waals surface area contributed by atoms with Gasteiger partial charge in [0.25, 0.3) is 0 Å². The van der Waals surface area contributed by atoms with Gasteiger partial charge in [0.2, 0.25) is 0 Å². The highest BCUT2D eigenvalue weighted by Gasteiger charge is 2.19. The van der Waals surface area contributed by atoms with E-state index in [2.05, 4.69) is 37.6 Å². The van der Waals surface area contributed by atoms with Crippen LogP contribution in [0.5, 0.6) is 0 Å². The molecule has 0 radical (unpaired) electrons. The topological polar surface area (TPSA) is 29.0 Å². The van der Waals surface area contributed by atoms with Gasteiger partial charge in [-0.25, -0.2) is 9.97 Å². The van der Waals surface area contributed by atoms with Crippen LogP contribution in [-0.2, 0) is 13.0 Å². The van der Waals surface area contributed by atoms with Crippen LogP contribution >= 0.6 is 0 Å². The predicted octanol–water partition coefficient (Wildman–Crippen LogP) is 2.61. The SMILES string of the molecule is CC(C)CN1CCc2cnc(C(C)C)nc2C1. The second-order valence-electron chi connectivity index (χ2n) is 5.73. The summed E-state index contributed by atoms with van der Waals surface area (Å²) >= 11 is 0. The van der Waals surface area contributed by atoms with Gasteiger partial charge in [-0.05, 0) is 17.9 Å². The molecule has 1 aliphatic heterocycles. The number of hydrogen-bond acceptors (Lipinski definition) is 3. The Labute approximate surface area is 104 Å². The summed E-state index contributed by atoms with van der Waals surface area (Å²) in [7, 11) is 0. The molecule has 1 aromatic heterocycles. The molecular weight excluding hydrogens is 210 g/mol. The maximum absolute atomic E-state index is 4.72. The summed E-state index contributed by atoms with van der Waals surface area (Å²) in [4.78, 5) is 11.7. The number of rotatable bonds is 3. The number of hydrogen-bond donors (Lipinski definition) is 0. The molecule has 3 heteroatoms. The first-order valence-electron chi connectivity index (χ1n) is 6.63. The van der Waals surface area contributed by atoms with E-state index in [-0.39, 0.29) is 0 Å². The summed E-state index contributed by atoms with van der Waals surface area (Å²) < 4.78 is 0. The Morgan fingerprint density at radius 3 is 2.71 bits per heavy atom. The third-order valence-electron chi connectivity index (χ3n) is 3.18. The van der Waals surface area contributed by atoms with Gasteiger partial charge in [-0.2, -0.15) is 0 Å². The van der Waals surface area contributed by atoms with Crippen LogP contribution in [0.1, 0.15) is 50.7 Å². The summed E-state index contributed by atoms with van der Waals surface area (Å²) in [5.74, 6) is 2.12. The van der Waals surface area contributed by atoms with Crippen LogP contribution in [0.2, 0.25) is 0 Å². The molecule has 0 saturated carbocycles. The lowest BCUT2D eigenvalue weighted by molar-refractivity contribution is 0.222. The molecule has 2 rings (SSSR count). The molecule has 3 nitrogen and oxygen atoms in total. The molecule has 0 spiro atoms. The molecule has 0 saturated heterocycles. The Morgan fingerprint density at radius 2 is 2.06 bits per heavy atom. The average molecular weight is 233 g/mol. The van der Waals surface area contributed by atoms with E-state index >= 15 is 0 Å². The average Bonchev–Trinajstić information content (AvgIpc) is 2.27. The van der Waals surface area contributed by atoms with Crippen molar-refractivity contribution in [3.63, 3.8) is 0 Å². The number of nitrogens with zero attached hydrogens (tertiary/aromatic N) is 3. The van der Waals surface area contributed by atoms with Gasteiger partial charge in [0.15, 0.2) is 0 Å². The lowest BCUT2D eigenvalue weighted by atomic mass is 10.0. The Bertz CT molecular complexity index is 385. The van der Waals surface area contributed by atoms with Gasteiger partial charge in [-0.1, -0.05) is 27.7 Å². The van der Waals surface area contributed by atoms with Crippen LogP contribution < -0.4 is 0 Å². The lowest BCUT2D eigenvalue weighted by Crippen LogP contribution is -2.34. The highest BCUT2D eigenvalue weighted by atomic mass is 15.1. The molecule has 94 valence electrons. The molecule has 0 atom stereocenters. The minimum Gasteiger partial charge on any atom is -0.297 e. The highest BCUT2D eigenvalue weighted by Crippen LogP contribution is 2.19. The van der Waals surface area contributed by atoms with Crippen molar-refractivity contribution in [1.29, 1.82) is 0 Å². The Morgan fingerprint density at radius 1 is 1.29 bits per heavy atom. The molecule has 0 amide bonds. The largest absolute Gasteiger partial charge is 0.297 e. The van der Waals surface area contributed by atoms with E-state index in [1.165, 1.54) is 17.8 Å². The first-order chi connectivity index (χ1) is 8.06. The fourth-order valence-electron chi connectivity index (χ4n) is 2.32. The van der Waals surface area contributed by atoms with Crippen molar-refractivity contribution < 1.29 is 0 Å². The normalized spacial score (nSPS) is 16.6. The molecule has 0 N–H and O–H groups in total. The van der Waals surface area contributed by atoms with Crippen LogP contribution in [0.3, 0.4) is 0 Å². The Hall–Kier alpha value is -0.960. The first kappa shape index (κ1) is 12.5. The molecule has 1 aromatic rings. The fraction of sp³-hybridized carbons (Fsp3) is 0.714. The Balaban J connectivity index is 2.15. The van der Waals surface area contributed by atoms with Crippen molar-refractivity contribution in [2.45, 2.75) is 46.6 Å². The van der Waals surface area contributed by atoms with Crippen molar-refractivity contribution in [2.24, 2.45) is 5.92 Å². The van der Waals surface area contributed by atoms with E-state index in [0.29, 0.717) is 5.92 Å². The van der Waals surface area contributed by atoms with Gasteiger partial charge in [0.1, 0.15) is 5.82 Å². The maximum Gasteiger partial charge on any atom is 0.131 e. The zero-order valence-corrected chi connectivity index (χ0v) is 11.4. The van der Waals surface area contributed by atoms with Crippen molar-refractivity contribution >= 4 is 0 Å². The van der Waals surface area contributed by atoms with Gasteiger partial charge >= 0.3 is 0 Å². The van der Waals surface area contributed by atoms with Crippen LogP contribution in [0.15, 0.2) is 6.20 Å². The van der Waals surface area contributed by atoms with Crippen LogP contribution in [0, 0.1) is 5.92 Å². The third kappa shape index (κ3) is 3.03. The van der Waals surface area contributed by atoms with Crippen molar-refractivity contribution in [3.8, 4) is 0 Å². The van der Waals surface area contributed by atoms with Crippen molar-refractivity contribution in [3.05, 3.63) is 23.3 Å². The van der Waals surface area contributed by atoms with Crippen LogP contribution in [-0.4, -0.2) is 28.0 Å². The standard InChI is InChI=1S/C14H23N3/c1-10(2)8-17-6-5-12-7-15-14(11(3)4)16-13(12)9-17/h7,10-11H,5-6,8-9H2,1-4H3. The van der Waals surface area contributed by atoms with Crippen molar-refractivity contribution in [1.82, 2.24) is 14.9 Å². The van der Waals surface area contributed by atoms with Gasteiger partial charge in [0.05, 0.1) is 5.69 Å². The molecule has 17 heavy (non-hydrogen) atoms. The molecular formula is C14H23N3. The quantitative estimate of drug-likeness (QED) is 0.803. The molecule has 0 aromatic carbocycles. The summed E-state index contributed by atoms with van der Waals surface area (Å²) in [5, 5.41) is 0. The number of aromatic nitrogens is 2. The van der Waals surface area contributed by atoms with E-state index in [9.17, 15) is 0 Å². The van der Waals surface area contributed by atoms with Crippen LogP contribution in [0.4, 0.5) is 0 Å². The second-order valence-corrected chi connectivity index (χ2v) is 5.73. The maximum atomic E-state index is 4.72. The van der Waals surface area contributed by atoms with E-state index < -0.39 is 0 Å². The molecule has 0 fully saturated rings. The van der Waals surface area contributed by atoms with Gasteiger partial charge in [0, 0.05) is 31.7 Å². The summed E-state index contributed by atoms with van der Waals surface area (Å²) in [6, 6.07) is 0. The molecule has 2 heterocycles. The first-order valence-corrected chi connectivity index (χ1v) is 6.63. The smallest absolute Gasteiger partial charge is 0.131 e. The minimum absolute atomic E-state index is 0.417. The van der Waals surface area contributed by atoms with Crippen LogP contribution in [0.25, 0.3) is 0 Å². The van der Waals surface area contributed by atoms with Gasteiger partial charge in [-0.15, -0.1) is 0 Å². The molecule has 1 aliphatic rings. The van der Waals surface area contributed by atoms with E-state index in [1.54, 1.807) is 0 Å². The lowest BCUT2D eigenvalue weighted by Gasteiger charge is -2.29. The minimum atomic E-state index is 0.417. The zero-order valence-electron chi connectivity index (χ0n) is 11.4. The van der Waals surface area contributed by atoms with E-state index in [0.717, 1.165) is 31.3 Å². The third-order valence-corrected chi connectivity index (χ3v) is 3.18. The van der Waals surface area contributed by atoms with Crippen molar-refractivity contribution in [2.75, 3.05) is 13.1 Å². The highest BCUT2D eigenvalue weighted by molar-refractivity contribution is 5.21. The molecule has 0 aliphatic carbocycles. The summed E-state index contributed by atoms with van der Waals surface area (Å²) in [6.45, 7) is 12.2. The monoisotopic (exact) mass is 233 g/mol. The summed E-state index contributed by atoms with van der Waals surface area (Å²) in [6.07, 6.45) is 3.13. The zero-order chi connectivity index (χ0) is 12.4. The van der Waals surface area contributed by atoms with Gasteiger partial charge in [-0.3, -0.25) is 4.90 Å². The predicted molar refractivity (Wildman–Crippen MR) is 69.9 cm³/mol. The van der Waals surface area contributed by atoms with Gasteiger partial charge < -0.3 is 0 Å². The number of fused-ring (bicyclic) bond motifs is 1. The fourth-order valence-corrected chi connectivity index (χ4v) is 2.32. The second kappa shape index (κ2) is 5.13. The molecule has 0 bridgehead atoms. The van der Waals surface area contributed by atoms with E-state index in [4.69, 9.17) is 4.98 Å². The molecule has 0 unspecified atom stereocenters. The van der Waals surface area contributed by atoms with E-state index in [1.807, 2.05) is 6.20 Å². The summed E-state index contributed by atoms with van der Waals surface area (Å²) in [5.41, 5.74) is 2.59.